The molecule has 4 rings (SSSR count). The molecule has 0 unspecified atom stereocenters. The zero-order valence-corrected chi connectivity index (χ0v) is 11.3. The fraction of sp³-hybridized carbons (Fsp3) is 0.538. The number of hydrogen-bond donors (Lipinski definition) is 0. The zero-order chi connectivity index (χ0) is 12.8. The van der Waals surface area contributed by atoms with E-state index in [-0.39, 0.29) is 0 Å². The molecule has 0 N–H and O–H groups in total. The third-order valence-corrected chi connectivity index (χ3v) is 4.92. The van der Waals surface area contributed by atoms with E-state index in [2.05, 4.69) is 16.4 Å². The molecule has 2 aromatic rings. The lowest BCUT2D eigenvalue weighted by atomic mass is 10.0. The Hall–Kier alpha value is -1.74. The lowest BCUT2D eigenvalue weighted by Crippen LogP contribution is -2.02. The van der Waals surface area contributed by atoms with Crippen LogP contribution in [0.5, 0.6) is 0 Å². The molecule has 0 amide bonds. The second-order valence-corrected chi connectivity index (χ2v) is 6.26. The van der Waals surface area contributed by atoms with Gasteiger partial charge in [-0.15, -0.1) is 5.10 Å². The first-order valence-corrected chi connectivity index (χ1v) is 7.53. The highest BCUT2D eigenvalue weighted by molar-refractivity contribution is 7.14. The first kappa shape index (κ1) is 11.1. The fourth-order valence-corrected chi connectivity index (χ4v) is 3.77. The largest absolute Gasteiger partial charge is 0.223 e. The normalized spacial score (nSPS) is 18.1. The summed E-state index contributed by atoms with van der Waals surface area (Å²) < 4.78 is 1.80. The molecular weight excluding hydrogens is 258 g/mol. The van der Waals surface area contributed by atoms with Crippen molar-refractivity contribution in [3.63, 3.8) is 0 Å². The van der Waals surface area contributed by atoms with E-state index in [1.807, 2.05) is 0 Å². The molecular formula is C13H13N5S. The Morgan fingerprint density at radius 2 is 2.11 bits per heavy atom. The molecule has 0 saturated heterocycles. The Balaban J connectivity index is 1.82. The van der Waals surface area contributed by atoms with Gasteiger partial charge >= 0.3 is 0 Å². The van der Waals surface area contributed by atoms with Crippen molar-refractivity contribution in [3.8, 4) is 11.2 Å². The Labute approximate surface area is 114 Å². The number of nitrogens with zero attached hydrogens (tertiary/aromatic N) is 5. The van der Waals surface area contributed by atoms with E-state index in [1.54, 1.807) is 16.0 Å². The maximum atomic E-state index is 9.13. The van der Waals surface area contributed by atoms with Crippen LogP contribution in [0.4, 0.5) is 0 Å². The number of hydrogen-bond acceptors (Lipinski definition) is 5. The van der Waals surface area contributed by atoms with Crippen LogP contribution in [-0.2, 0) is 12.8 Å². The summed E-state index contributed by atoms with van der Waals surface area (Å²) in [4.78, 5) is 6.10. The average molecular weight is 271 g/mol. The summed E-state index contributed by atoms with van der Waals surface area (Å²) in [6.45, 7) is 0. The van der Waals surface area contributed by atoms with Crippen LogP contribution in [0.2, 0.25) is 0 Å². The Morgan fingerprint density at radius 1 is 1.26 bits per heavy atom. The molecule has 0 spiro atoms. The molecule has 6 heteroatoms. The molecule has 1 fully saturated rings. The first-order chi connectivity index (χ1) is 9.36. The number of rotatable bonds is 2. The predicted octanol–water partition coefficient (Wildman–Crippen LogP) is 2.35. The van der Waals surface area contributed by atoms with Crippen molar-refractivity contribution in [2.45, 2.75) is 44.4 Å². The van der Waals surface area contributed by atoms with Crippen LogP contribution in [0.25, 0.3) is 5.13 Å². The molecule has 96 valence electrons. The summed E-state index contributed by atoms with van der Waals surface area (Å²) in [6, 6.07) is 2.15. The van der Waals surface area contributed by atoms with E-state index in [0.717, 1.165) is 36.5 Å². The van der Waals surface area contributed by atoms with E-state index in [0.29, 0.717) is 11.6 Å². The molecule has 2 aromatic heterocycles. The lowest BCUT2D eigenvalue weighted by Gasteiger charge is -2.06. The minimum Gasteiger partial charge on any atom is -0.223 e. The summed E-state index contributed by atoms with van der Waals surface area (Å²) in [5.41, 5.74) is 2.66. The van der Waals surface area contributed by atoms with Crippen molar-refractivity contribution < 1.29 is 0 Å². The van der Waals surface area contributed by atoms with Crippen LogP contribution in [0.1, 0.15) is 53.6 Å². The summed E-state index contributed by atoms with van der Waals surface area (Å²) in [5, 5.41) is 18.2. The van der Waals surface area contributed by atoms with Crippen LogP contribution in [0.15, 0.2) is 0 Å². The maximum absolute atomic E-state index is 9.13. The van der Waals surface area contributed by atoms with Crippen molar-refractivity contribution >= 4 is 11.3 Å². The van der Waals surface area contributed by atoms with E-state index in [1.165, 1.54) is 23.4 Å². The summed E-state index contributed by atoms with van der Waals surface area (Å²) in [5.74, 6) is 0.450. The number of thiazole rings is 1. The second-order valence-electron chi connectivity index (χ2n) is 5.19. The maximum Gasteiger partial charge on any atom is 0.212 e. The highest BCUT2D eigenvalue weighted by Crippen LogP contribution is 2.42. The van der Waals surface area contributed by atoms with Gasteiger partial charge < -0.3 is 0 Å². The minimum absolute atomic E-state index is 0.450. The standard InChI is InChI=1S/C13H13N5S/c14-7-10-12(8-5-6-8)18(17-16-10)13-15-9-3-1-2-4-11(9)19-13/h8H,1-6H2. The van der Waals surface area contributed by atoms with Gasteiger partial charge in [0, 0.05) is 10.8 Å². The van der Waals surface area contributed by atoms with Crippen molar-refractivity contribution in [3.05, 3.63) is 22.0 Å². The van der Waals surface area contributed by atoms with Gasteiger partial charge in [-0.05, 0) is 38.5 Å². The van der Waals surface area contributed by atoms with Gasteiger partial charge in [-0.3, -0.25) is 0 Å². The van der Waals surface area contributed by atoms with E-state index in [9.17, 15) is 0 Å². The SMILES string of the molecule is N#Cc1nnn(-c2nc3c(s2)CCCC3)c1C1CC1. The quantitative estimate of drug-likeness (QED) is 0.840. The molecule has 0 aliphatic heterocycles. The third-order valence-electron chi connectivity index (χ3n) is 3.79. The van der Waals surface area contributed by atoms with Crippen molar-refractivity contribution in [2.24, 2.45) is 0 Å². The highest BCUT2D eigenvalue weighted by atomic mass is 32.1. The molecule has 0 atom stereocenters. The van der Waals surface area contributed by atoms with Gasteiger partial charge in [-0.25, -0.2) is 4.98 Å². The van der Waals surface area contributed by atoms with Crippen LogP contribution >= 0.6 is 11.3 Å². The van der Waals surface area contributed by atoms with E-state index in [4.69, 9.17) is 10.2 Å². The first-order valence-electron chi connectivity index (χ1n) is 6.71. The predicted molar refractivity (Wildman–Crippen MR) is 70.4 cm³/mol. The van der Waals surface area contributed by atoms with Gasteiger partial charge in [0.2, 0.25) is 5.13 Å². The zero-order valence-electron chi connectivity index (χ0n) is 10.5. The van der Waals surface area contributed by atoms with Gasteiger partial charge in [0.15, 0.2) is 5.69 Å². The highest BCUT2D eigenvalue weighted by Gasteiger charge is 2.33. The molecule has 19 heavy (non-hydrogen) atoms. The van der Waals surface area contributed by atoms with Gasteiger partial charge in [0.05, 0.1) is 11.4 Å². The van der Waals surface area contributed by atoms with Crippen molar-refractivity contribution in [1.29, 1.82) is 5.26 Å². The molecule has 0 bridgehead atoms. The Bertz CT molecular complexity index is 650. The smallest absolute Gasteiger partial charge is 0.212 e. The van der Waals surface area contributed by atoms with E-state index < -0.39 is 0 Å². The minimum atomic E-state index is 0.450. The lowest BCUT2D eigenvalue weighted by molar-refractivity contribution is 0.677. The van der Waals surface area contributed by atoms with Gasteiger partial charge in [0.25, 0.3) is 0 Å². The molecule has 2 aliphatic carbocycles. The average Bonchev–Trinajstić information content (AvgIpc) is 3.04. The van der Waals surface area contributed by atoms with Gasteiger partial charge in [-0.2, -0.15) is 9.94 Å². The molecule has 1 saturated carbocycles. The molecule has 0 radical (unpaired) electrons. The second kappa shape index (κ2) is 4.14. The number of fused-ring (bicyclic) bond motifs is 1. The van der Waals surface area contributed by atoms with Crippen LogP contribution in [0, 0.1) is 11.3 Å². The summed E-state index contributed by atoms with van der Waals surface area (Å²) in [6.07, 6.45) is 6.95. The molecule has 0 aromatic carbocycles. The molecule has 2 aliphatic rings. The van der Waals surface area contributed by atoms with Crippen LogP contribution < -0.4 is 0 Å². The fourth-order valence-electron chi connectivity index (χ4n) is 2.66. The summed E-state index contributed by atoms with van der Waals surface area (Å²) >= 11 is 1.71. The van der Waals surface area contributed by atoms with Crippen molar-refractivity contribution in [2.75, 3.05) is 0 Å². The van der Waals surface area contributed by atoms with E-state index >= 15 is 0 Å². The monoisotopic (exact) mass is 271 g/mol. The van der Waals surface area contributed by atoms with Crippen molar-refractivity contribution in [1.82, 2.24) is 20.0 Å². The Morgan fingerprint density at radius 3 is 2.84 bits per heavy atom. The molecule has 5 nitrogen and oxygen atoms in total. The van der Waals surface area contributed by atoms with Crippen LogP contribution in [-0.4, -0.2) is 20.0 Å². The topological polar surface area (TPSA) is 67.4 Å². The Kier molecular flexibility index (Phi) is 2.42. The molecule has 2 heterocycles. The number of aromatic nitrogens is 4. The summed E-state index contributed by atoms with van der Waals surface area (Å²) in [7, 11) is 0. The number of aryl methyl sites for hydroxylation is 2. The van der Waals surface area contributed by atoms with Crippen LogP contribution in [0.3, 0.4) is 0 Å². The van der Waals surface area contributed by atoms with Gasteiger partial charge in [0.1, 0.15) is 6.07 Å². The third kappa shape index (κ3) is 1.77. The number of nitriles is 1. The van der Waals surface area contributed by atoms with Gasteiger partial charge in [-0.1, -0.05) is 16.6 Å².